The summed E-state index contributed by atoms with van der Waals surface area (Å²) in [4.78, 5) is 0. The molecule has 0 N–H and O–H groups in total. The van der Waals surface area contributed by atoms with Gasteiger partial charge in [-0.1, -0.05) is 66.4 Å². The maximum absolute atomic E-state index is 5.67. The minimum Gasteiger partial charge on any atom is -0.497 e. The highest BCUT2D eigenvalue weighted by Crippen LogP contribution is 2.19. The average Bonchev–Trinajstić information content (AvgIpc) is 3.08. The van der Waals surface area contributed by atoms with Crippen LogP contribution in [0, 0.1) is 0 Å². The van der Waals surface area contributed by atoms with Crippen molar-refractivity contribution >= 4 is 17.8 Å². The van der Waals surface area contributed by atoms with Crippen LogP contribution in [-0.2, 0) is 6.42 Å². The lowest BCUT2D eigenvalue weighted by molar-refractivity contribution is 0.413. The summed E-state index contributed by atoms with van der Waals surface area (Å²) >= 11 is 1.53. The number of benzene rings is 2. The topological polar surface area (TPSA) is 48.2 Å². The molecule has 122 valence electrons. The van der Waals surface area contributed by atoms with Crippen molar-refractivity contribution in [1.82, 2.24) is 10.2 Å². The fourth-order valence-electron chi connectivity index (χ4n) is 2.15. The molecule has 0 bridgehead atoms. The van der Waals surface area contributed by atoms with E-state index in [-0.39, 0.29) is 0 Å². The van der Waals surface area contributed by atoms with Gasteiger partial charge in [0.1, 0.15) is 5.75 Å². The van der Waals surface area contributed by atoms with Crippen molar-refractivity contribution in [1.29, 1.82) is 0 Å². The highest BCUT2D eigenvalue weighted by Gasteiger charge is 2.07. The van der Waals surface area contributed by atoms with Crippen LogP contribution in [0.4, 0.5) is 0 Å². The second-order valence-corrected chi connectivity index (χ2v) is 6.08. The lowest BCUT2D eigenvalue weighted by Gasteiger charge is -2.00. The van der Waals surface area contributed by atoms with Crippen LogP contribution in [0.1, 0.15) is 17.0 Å². The molecule has 24 heavy (non-hydrogen) atoms. The number of ether oxygens (including phenoxy) is 1. The smallest absolute Gasteiger partial charge is 0.276 e. The van der Waals surface area contributed by atoms with Crippen molar-refractivity contribution in [3.63, 3.8) is 0 Å². The van der Waals surface area contributed by atoms with E-state index in [0.717, 1.165) is 17.1 Å². The van der Waals surface area contributed by atoms with Gasteiger partial charge in [0, 0.05) is 5.75 Å². The van der Waals surface area contributed by atoms with Crippen LogP contribution in [0.3, 0.4) is 0 Å². The van der Waals surface area contributed by atoms with E-state index in [0.29, 0.717) is 17.5 Å². The summed E-state index contributed by atoms with van der Waals surface area (Å²) in [6.07, 6.45) is 4.80. The second-order valence-electron chi connectivity index (χ2n) is 5.11. The normalized spacial score (nSPS) is 11.0. The molecule has 4 nitrogen and oxygen atoms in total. The van der Waals surface area contributed by atoms with E-state index in [2.05, 4.69) is 34.5 Å². The van der Waals surface area contributed by atoms with Gasteiger partial charge in [0.25, 0.3) is 5.22 Å². The Bertz CT molecular complexity index is 783. The predicted molar refractivity (Wildman–Crippen MR) is 96.3 cm³/mol. The number of methoxy groups -OCH3 is 1. The largest absolute Gasteiger partial charge is 0.497 e. The summed E-state index contributed by atoms with van der Waals surface area (Å²) in [5, 5.41) is 8.77. The minimum atomic E-state index is 0.594. The van der Waals surface area contributed by atoms with Crippen LogP contribution in [-0.4, -0.2) is 23.1 Å². The summed E-state index contributed by atoms with van der Waals surface area (Å²) in [5.74, 6) is 2.25. The number of thioether (sulfide) groups is 1. The van der Waals surface area contributed by atoms with Gasteiger partial charge in [0.2, 0.25) is 5.89 Å². The SMILES string of the molecule is COc1ccc(Cc2nnc(SC/C=C\c3ccccc3)o2)cc1. The summed E-state index contributed by atoms with van der Waals surface area (Å²) < 4.78 is 10.8. The zero-order valence-corrected chi connectivity index (χ0v) is 14.2. The molecule has 3 aromatic rings. The van der Waals surface area contributed by atoms with Crippen molar-refractivity contribution in [2.75, 3.05) is 12.9 Å². The highest BCUT2D eigenvalue weighted by atomic mass is 32.2. The molecule has 1 heterocycles. The predicted octanol–water partition coefficient (Wildman–Crippen LogP) is 4.47. The first-order chi connectivity index (χ1) is 11.8. The minimum absolute atomic E-state index is 0.594. The Labute approximate surface area is 145 Å². The van der Waals surface area contributed by atoms with Gasteiger partial charge in [-0.3, -0.25) is 0 Å². The molecular formula is C19H18N2O2S. The molecule has 0 radical (unpaired) electrons. The number of hydrogen-bond donors (Lipinski definition) is 0. The molecule has 0 saturated heterocycles. The number of rotatable bonds is 7. The van der Waals surface area contributed by atoms with E-state index in [1.807, 2.05) is 42.5 Å². The zero-order valence-electron chi connectivity index (χ0n) is 13.4. The fourth-order valence-corrected chi connectivity index (χ4v) is 2.74. The Morgan fingerprint density at radius 3 is 2.58 bits per heavy atom. The van der Waals surface area contributed by atoms with Gasteiger partial charge < -0.3 is 9.15 Å². The Hall–Kier alpha value is -2.53. The molecule has 0 aliphatic heterocycles. The standard InChI is InChI=1S/C19H18N2O2S/c1-22-17-11-9-16(10-12-17)14-18-20-21-19(23-18)24-13-5-8-15-6-3-2-4-7-15/h2-12H,13-14H2,1H3/b8-5-. The molecule has 5 heteroatoms. The lowest BCUT2D eigenvalue weighted by atomic mass is 10.1. The number of aromatic nitrogens is 2. The Kier molecular flexibility index (Phi) is 5.69. The van der Waals surface area contributed by atoms with Crippen LogP contribution in [0.5, 0.6) is 5.75 Å². The quantitative estimate of drug-likeness (QED) is 0.595. The first-order valence-electron chi connectivity index (χ1n) is 7.63. The molecule has 1 aromatic heterocycles. The summed E-state index contributed by atoms with van der Waals surface area (Å²) in [6.45, 7) is 0. The summed E-state index contributed by atoms with van der Waals surface area (Å²) in [5.41, 5.74) is 2.30. The molecule has 3 rings (SSSR count). The lowest BCUT2D eigenvalue weighted by Crippen LogP contribution is -1.89. The van der Waals surface area contributed by atoms with Gasteiger partial charge in [-0.2, -0.15) is 0 Å². The Morgan fingerprint density at radius 1 is 1.04 bits per heavy atom. The highest BCUT2D eigenvalue weighted by molar-refractivity contribution is 7.99. The van der Waals surface area contributed by atoms with Crippen LogP contribution in [0.2, 0.25) is 0 Å². The summed E-state index contributed by atoms with van der Waals surface area (Å²) in [6, 6.07) is 18.0. The maximum atomic E-state index is 5.67. The molecule has 0 spiro atoms. The van der Waals surface area contributed by atoms with E-state index in [1.54, 1.807) is 7.11 Å². The second kappa shape index (κ2) is 8.36. The third-order valence-electron chi connectivity index (χ3n) is 3.38. The first-order valence-corrected chi connectivity index (χ1v) is 8.62. The molecule has 0 unspecified atom stereocenters. The molecule has 0 saturated carbocycles. The van der Waals surface area contributed by atoms with Crippen LogP contribution in [0.15, 0.2) is 70.3 Å². The molecule has 2 aromatic carbocycles. The van der Waals surface area contributed by atoms with Gasteiger partial charge in [0.05, 0.1) is 13.5 Å². The number of nitrogens with zero attached hydrogens (tertiary/aromatic N) is 2. The van der Waals surface area contributed by atoms with Gasteiger partial charge >= 0.3 is 0 Å². The van der Waals surface area contributed by atoms with E-state index in [4.69, 9.17) is 9.15 Å². The van der Waals surface area contributed by atoms with E-state index in [9.17, 15) is 0 Å². The zero-order chi connectivity index (χ0) is 16.6. The average molecular weight is 338 g/mol. The first kappa shape index (κ1) is 16.3. The van der Waals surface area contributed by atoms with Crippen molar-refractivity contribution in [3.8, 4) is 5.75 Å². The van der Waals surface area contributed by atoms with Gasteiger partial charge in [0.15, 0.2) is 0 Å². The maximum Gasteiger partial charge on any atom is 0.276 e. The molecule has 0 fully saturated rings. The number of hydrogen-bond acceptors (Lipinski definition) is 5. The molecule has 0 amide bonds. The van der Waals surface area contributed by atoms with E-state index in [1.165, 1.54) is 17.3 Å². The third-order valence-corrected chi connectivity index (χ3v) is 4.15. The summed E-state index contributed by atoms with van der Waals surface area (Å²) in [7, 11) is 1.66. The monoisotopic (exact) mass is 338 g/mol. The van der Waals surface area contributed by atoms with Crippen molar-refractivity contribution in [2.45, 2.75) is 11.6 Å². The van der Waals surface area contributed by atoms with Gasteiger partial charge in [-0.15, -0.1) is 10.2 Å². The molecule has 0 atom stereocenters. The van der Waals surface area contributed by atoms with E-state index < -0.39 is 0 Å². The Balaban J connectivity index is 1.50. The molecular weight excluding hydrogens is 320 g/mol. The van der Waals surface area contributed by atoms with Crippen molar-refractivity contribution in [2.24, 2.45) is 0 Å². The van der Waals surface area contributed by atoms with Gasteiger partial charge in [-0.25, -0.2) is 0 Å². The van der Waals surface area contributed by atoms with E-state index >= 15 is 0 Å². The van der Waals surface area contributed by atoms with Crippen LogP contribution >= 0.6 is 11.8 Å². The van der Waals surface area contributed by atoms with Crippen molar-refractivity contribution < 1.29 is 9.15 Å². The van der Waals surface area contributed by atoms with Crippen molar-refractivity contribution in [3.05, 3.63) is 77.7 Å². The fraction of sp³-hybridized carbons (Fsp3) is 0.158. The Morgan fingerprint density at radius 2 is 1.83 bits per heavy atom. The third kappa shape index (κ3) is 4.73. The molecule has 0 aliphatic carbocycles. The molecule has 0 aliphatic rings. The van der Waals surface area contributed by atoms with Crippen LogP contribution < -0.4 is 4.74 Å². The van der Waals surface area contributed by atoms with Crippen LogP contribution in [0.25, 0.3) is 6.08 Å². The van der Waals surface area contributed by atoms with Gasteiger partial charge in [-0.05, 0) is 23.3 Å².